The number of halogens is 1. The minimum atomic E-state index is -0.955. The van der Waals surface area contributed by atoms with Crippen LogP contribution in [0.5, 0.6) is 11.5 Å². The van der Waals surface area contributed by atoms with Gasteiger partial charge in [-0.25, -0.2) is 0 Å². The quantitative estimate of drug-likeness (QED) is 0.481. The van der Waals surface area contributed by atoms with Crippen LogP contribution in [-0.4, -0.2) is 52.9 Å². The van der Waals surface area contributed by atoms with Crippen LogP contribution < -0.4 is 11.2 Å². The zero-order chi connectivity index (χ0) is 24.2. The van der Waals surface area contributed by atoms with Crippen molar-refractivity contribution in [3.05, 3.63) is 57.2 Å². The SMILES string of the molecule is CN1CC[C@H](c2c(O)cc(O)c3c(=O)cc(-c4ccccc4Cl)oc23)[C@H](OC(=O)C2(N)CC2)C1. The van der Waals surface area contributed by atoms with Gasteiger partial charge in [-0.15, -0.1) is 0 Å². The zero-order valence-electron chi connectivity index (χ0n) is 18.6. The monoisotopic (exact) mass is 484 g/mol. The second kappa shape index (κ2) is 8.30. The van der Waals surface area contributed by atoms with Crippen LogP contribution in [0.15, 0.2) is 45.6 Å². The average Bonchev–Trinajstić information content (AvgIpc) is 3.53. The van der Waals surface area contributed by atoms with Crippen LogP contribution in [0.3, 0.4) is 0 Å². The Kier molecular flexibility index (Phi) is 5.55. The molecule has 5 rings (SSSR count). The Morgan fingerprint density at radius 2 is 1.97 bits per heavy atom. The molecule has 1 aromatic heterocycles. The Hall–Kier alpha value is -3.07. The number of piperidine rings is 1. The maximum atomic E-state index is 13.0. The van der Waals surface area contributed by atoms with E-state index < -0.39 is 34.7 Å². The number of phenols is 2. The predicted octanol–water partition coefficient (Wildman–Crippen LogP) is 3.35. The van der Waals surface area contributed by atoms with E-state index in [0.29, 0.717) is 48.5 Å². The molecule has 1 aliphatic carbocycles. The number of nitrogens with zero attached hydrogens (tertiary/aromatic N) is 1. The van der Waals surface area contributed by atoms with Gasteiger partial charge in [0.1, 0.15) is 39.9 Å². The number of likely N-dealkylation sites (tertiary alicyclic amines) is 1. The molecule has 0 unspecified atom stereocenters. The standard InChI is InChI=1S/C25H25ClN2O6/c1-28-9-6-14(20(12-28)34-24(32)25(27)7-8-25)21-16(29)10-17(30)22-18(31)11-19(33-23(21)22)13-4-2-3-5-15(13)26/h2-5,10-11,14,20,29-30H,6-9,12,27H2,1H3/t14-,20+/m0/s1. The third kappa shape index (κ3) is 3.91. The smallest absolute Gasteiger partial charge is 0.326 e. The molecule has 178 valence electrons. The summed E-state index contributed by atoms with van der Waals surface area (Å²) in [6, 6.07) is 9.31. The van der Waals surface area contributed by atoms with E-state index in [-0.39, 0.29) is 22.5 Å². The molecule has 4 N–H and O–H groups in total. The van der Waals surface area contributed by atoms with E-state index in [9.17, 15) is 19.8 Å². The van der Waals surface area contributed by atoms with Gasteiger partial charge in [0.25, 0.3) is 0 Å². The van der Waals surface area contributed by atoms with Crippen molar-refractivity contribution in [2.75, 3.05) is 20.1 Å². The first-order chi connectivity index (χ1) is 16.2. The average molecular weight is 485 g/mol. The van der Waals surface area contributed by atoms with Crippen LogP contribution in [0.1, 0.15) is 30.7 Å². The summed E-state index contributed by atoms with van der Waals surface area (Å²) >= 11 is 6.32. The summed E-state index contributed by atoms with van der Waals surface area (Å²) in [5, 5.41) is 21.7. The summed E-state index contributed by atoms with van der Waals surface area (Å²) in [4.78, 5) is 27.7. The highest BCUT2D eigenvalue weighted by Crippen LogP contribution is 2.44. The molecule has 0 spiro atoms. The number of esters is 1. The Balaban J connectivity index is 1.67. The first-order valence-electron chi connectivity index (χ1n) is 11.1. The molecule has 3 aromatic rings. The van der Waals surface area contributed by atoms with Gasteiger partial charge in [0.15, 0.2) is 5.43 Å². The van der Waals surface area contributed by atoms with Gasteiger partial charge in [0.2, 0.25) is 0 Å². The fourth-order valence-electron chi connectivity index (χ4n) is 4.59. The Bertz CT molecular complexity index is 1350. The molecular weight excluding hydrogens is 460 g/mol. The van der Waals surface area contributed by atoms with Crippen LogP contribution in [-0.2, 0) is 9.53 Å². The fourth-order valence-corrected chi connectivity index (χ4v) is 4.82. The van der Waals surface area contributed by atoms with Crippen LogP contribution in [0, 0.1) is 0 Å². The summed E-state index contributed by atoms with van der Waals surface area (Å²) in [5.41, 5.74) is 5.47. The number of aromatic hydroxyl groups is 2. The zero-order valence-corrected chi connectivity index (χ0v) is 19.3. The third-order valence-corrected chi connectivity index (χ3v) is 7.05. The highest BCUT2D eigenvalue weighted by Gasteiger charge is 2.49. The molecule has 2 aliphatic rings. The number of phenolic OH excluding ortho intramolecular Hbond substituents is 2. The van der Waals surface area contributed by atoms with Crippen molar-refractivity contribution >= 4 is 28.5 Å². The molecular formula is C25H25ClN2O6. The number of benzene rings is 2. The van der Waals surface area contributed by atoms with Gasteiger partial charge in [0.05, 0.1) is 5.02 Å². The molecule has 2 fully saturated rings. The number of hydrogen-bond donors (Lipinski definition) is 3. The lowest BCUT2D eigenvalue weighted by Gasteiger charge is -2.37. The van der Waals surface area contributed by atoms with Crippen molar-refractivity contribution in [1.29, 1.82) is 0 Å². The molecule has 8 nitrogen and oxygen atoms in total. The van der Waals surface area contributed by atoms with E-state index >= 15 is 0 Å². The van der Waals surface area contributed by atoms with Crippen LogP contribution in [0.4, 0.5) is 0 Å². The maximum absolute atomic E-state index is 13.0. The van der Waals surface area contributed by atoms with E-state index in [1.165, 1.54) is 6.07 Å². The second-order valence-corrected chi connectivity index (χ2v) is 9.65. The van der Waals surface area contributed by atoms with Gasteiger partial charge >= 0.3 is 5.97 Å². The van der Waals surface area contributed by atoms with E-state index in [2.05, 4.69) is 0 Å². The molecule has 1 saturated heterocycles. The van der Waals surface area contributed by atoms with E-state index in [0.717, 1.165) is 6.07 Å². The fraction of sp³-hybridized carbons (Fsp3) is 0.360. The first-order valence-corrected chi connectivity index (χ1v) is 11.5. The minimum Gasteiger partial charge on any atom is -0.507 e. The molecule has 9 heteroatoms. The Morgan fingerprint density at radius 3 is 2.68 bits per heavy atom. The van der Waals surface area contributed by atoms with Gasteiger partial charge < -0.3 is 30.0 Å². The maximum Gasteiger partial charge on any atom is 0.326 e. The van der Waals surface area contributed by atoms with E-state index in [1.807, 2.05) is 11.9 Å². The minimum absolute atomic E-state index is 0.0457. The van der Waals surface area contributed by atoms with Crippen LogP contribution >= 0.6 is 11.6 Å². The summed E-state index contributed by atoms with van der Waals surface area (Å²) in [6.45, 7) is 1.09. The van der Waals surface area contributed by atoms with Crippen LogP contribution in [0.25, 0.3) is 22.3 Å². The van der Waals surface area contributed by atoms with Crippen molar-refractivity contribution in [2.24, 2.45) is 5.73 Å². The third-order valence-electron chi connectivity index (χ3n) is 6.72. The number of fused-ring (bicyclic) bond motifs is 1. The van der Waals surface area contributed by atoms with Crippen molar-refractivity contribution in [3.8, 4) is 22.8 Å². The normalized spacial score (nSPS) is 22.0. The summed E-state index contributed by atoms with van der Waals surface area (Å²) in [5.74, 6) is -1.38. The van der Waals surface area contributed by atoms with Crippen molar-refractivity contribution < 1.29 is 24.2 Å². The van der Waals surface area contributed by atoms with Crippen LogP contribution in [0.2, 0.25) is 5.02 Å². The lowest BCUT2D eigenvalue weighted by Crippen LogP contribution is -2.46. The van der Waals surface area contributed by atoms with Gasteiger partial charge in [-0.3, -0.25) is 9.59 Å². The Labute approximate surface area is 200 Å². The number of nitrogens with two attached hydrogens (primary N) is 1. The molecule has 0 bridgehead atoms. The molecule has 34 heavy (non-hydrogen) atoms. The predicted molar refractivity (Wildman–Crippen MR) is 127 cm³/mol. The summed E-state index contributed by atoms with van der Waals surface area (Å²) in [7, 11) is 1.91. The molecule has 0 radical (unpaired) electrons. The first kappa shape index (κ1) is 22.7. The van der Waals surface area contributed by atoms with Gasteiger partial charge in [-0.1, -0.05) is 23.7 Å². The number of ether oxygens (including phenoxy) is 1. The topological polar surface area (TPSA) is 126 Å². The highest BCUT2D eigenvalue weighted by molar-refractivity contribution is 6.33. The number of likely N-dealkylation sites (N-methyl/N-ethyl adjacent to an activating group) is 1. The molecule has 1 aliphatic heterocycles. The van der Waals surface area contributed by atoms with Gasteiger partial charge in [-0.05, 0) is 45.0 Å². The number of rotatable bonds is 4. The van der Waals surface area contributed by atoms with Crippen molar-refractivity contribution in [1.82, 2.24) is 4.90 Å². The van der Waals surface area contributed by atoms with Crippen molar-refractivity contribution in [3.63, 3.8) is 0 Å². The Morgan fingerprint density at radius 1 is 1.24 bits per heavy atom. The molecule has 1 saturated carbocycles. The van der Waals surface area contributed by atoms with Gasteiger partial charge in [0, 0.05) is 35.7 Å². The van der Waals surface area contributed by atoms with E-state index in [1.54, 1.807) is 24.3 Å². The van der Waals surface area contributed by atoms with Gasteiger partial charge in [-0.2, -0.15) is 0 Å². The number of carbonyl (C=O) groups is 1. The molecule has 2 atom stereocenters. The van der Waals surface area contributed by atoms with Crippen molar-refractivity contribution in [2.45, 2.75) is 36.8 Å². The summed E-state index contributed by atoms with van der Waals surface area (Å²) < 4.78 is 12.0. The summed E-state index contributed by atoms with van der Waals surface area (Å²) in [6.07, 6.45) is 1.05. The highest BCUT2D eigenvalue weighted by atomic mass is 35.5. The number of hydrogen-bond acceptors (Lipinski definition) is 8. The lowest BCUT2D eigenvalue weighted by atomic mass is 9.85. The lowest BCUT2D eigenvalue weighted by molar-refractivity contribution is -0.155. The largest absolute Gasteiger partial charge is 0.507 e. The molecule has 2 heterocycles. The molecule has 0 amide bonds. The second-order valence-electron chi connectivity index (χ2n) is 9.24. The molecule has 2 aromatic carbocycles. The number of carbonyl (C=O) groups excluding carboxylic acids is 1. The van der Waals surface area contributed by atoms with E-state index in [4.69, 9.17) is 26.5 Å².